The van der Waals surface area contributed by atoms with Gasteiger partial charge in [-0.05, 0) is 75.4 Å². The first-order valence-electron chi connectivity index (χ1n) is 12.8. The Labute approximate surface area is 231 Å². The summed E-state index contributed by atoms with van der Waals surface area (Å²) in [6.45, 7) is 3.79. The number of esters is 1. The van der Waals surface area contributed by atoms with E-state index in [2.05, 4.69) is 10.6 Å². The molecule has 0 bridgehead atoms. The van der Waals surface area contributed by atoms with Crippen molar-refractivity contribution in [2.75, 3.05) is 23.8 Å². The second-order valence-corrected chi connectivity index (χ2v) is 11.4. The van der Waals surface area contributed by atoms with Crippen LogP contribution in [0.3, 0.4) is 0 Å². The molecule has 1 aromatic heterocycles. The number of fused-ring (bicyclic) bond motifs is 1. The summed E-state index contributed by atoms with van der Waals surface area (Å²) in [5, 5.41) is 5.98. The molecule has 38 heavy (non-hydrogen) atoms. The van der Waals surface area contributed by atoms with Crippen LogP contribution in [0.5, 0.6) is 5.75 Å². The highest BCUT2D eigenvalue weighted by Crippen LogP contribution is 2.38. The summed E-state index contributed by atoms with van der Waals surface area (Å²) in [4.78, 5) is 40.3. The Morgan fingerprint density at radius 1 is 1.00 bits per heavy atom. The number of ether oxygens (including phenoxy) is 2. The second-order valence-electron chi connectivity index (χ2n) is 8.92. The largest absolute Gasteiger partial charge is 0.484 e. The molecular weight excluding hydrogens is 520 g/mol. The normalized spacial score (nSPS) is 13.5. The summed E-state index contributed by atoms with van der Waals surface area (Å²) in [5.41, 5.74) is 2.17. The fourth-order valence-electron chi connectivity index (χ4n) is 4.23. The summed E-state index contributed by atoms with van der Waals surface area (Å²) in [6.07, 6.45) is 5.00. The quantitative estimate of drug-likeness (QED) is 0.173. The van der Waals surface area contributed by atoms with Crippen LogP contribution in [0.15, 0.2) is 59.5 Å². The van der Waals surface area contributed by atoms with Crippen molar-refractivity contribution in [2.45, 2.75) is 56.1 Å². The third kappa shape index (κ3) is 7.39. The Balaban J connectivity index is 1.38. The first-order chi connectivity index (χ1) is 18.4. The number of thiophene rings is 1. The van der Waals surface area contributed by atoms with Gasteiger partial charge in [0.25, 0.3) is 5.91 Å². The molecule has 1 unspecified atom stereocenters. The van der Waals surface area contributed by atoms with Gasteiger partial charge < -0.3 is 20.1 Å². The fourth-order valence-corrected chi connectivity index (χ4v) is 6.44. The number of carbonyl (C=O) groups is 3. The van der Waals surface area contributed by atoms with E-state index < -0.39 is 5.25 Å². The molecule has 1 heterocycles. The molecule has 1 aliphatic carbocycles. The molecule has 200 valence electrons. The lowest BCUT2D eigenvalue weighted by Crippen LogP contribution is -2.23. The molecule has 0 fully saturated rings. The number of hydrogen-bond donors (Lipinski definition) is 2. The molecule has 2 aromatic carbocycles. The summed E-state index contributed by atoms with van der Waals surface area (Å²) in [6, 6.07) is 16.5. The van der Waals surface area contributed by atoms with Gasteiger partial charge in [0.2, 0.25) is 5.91 Å². The van der Waals surface area contributed by atoms with Crippen LogP contribution in [0.4, 0.5) is 10.7 Å². The van der Waals surface area contributed by atoms with Gasteiger partial charge in [-0.1, -0.05) is 30.7 Å². The van der Waals surface area contributed by atoms with E-state index in [-0.39, 0.29) is 31.0 Å². The fraction of sp³-hybridized carbons (Fsp3) is 0.345. The Bertz CT molecular complexity index is 1280. The standard InChI is InChI=1S/C29H32N2O5S2/c1-3-35-29(34)26-23-15-8-5-9-16-24(23)38-28(26)31-27(33)19(2)37-22-14-10-11-20(17-22)30-25(32)18-36-21-12-6-4-7-13-21/h4,6-7,10-14,17,19H,3,5,8-9,15-16,18H2,1-2H3,(H,30,32)(H,31,33). The topological polar surface area (TPSA) is 93.7 Å². The first kappa shape index (κ1) is 27.7. The molecule has 2 N–H and O–H groups in total. The number of amides is 2. The van der Waals surface area contributed by atoms with Crippen molar-refractivity contribution in [1.82, 2.24) is 0 Å². The van der Waals surface area contributed by atoms with E-state index in [1.165, 1.54) is 28.0 Å². The third-order valence-corrected chi connectivity index (χ3v) is 8.35. The van der Waals surface area contributed by atoms with Crippen molar-refractivity contribution in [3.63, 3.8) is 0 Å². The second kappa shape index (κ2) is 13.5. The van der Waals surface area contributed by atoms with Crippen LogP contribution in [0.1, 0.15) is 53.9 Å². The Morgan fingerprint density at radius 2 is 1.79 bits per heavy atom. The summed E-state index contributed by atoms with van der Waals surface area (Å²) in [5.74, 6) is -0.212. The van der Waals surface area contributed by atoms with Crippen molar-refractivity contribution in [2.24, 2.45) is 0 Å². The van der Waals surface area contributed by atoms with Gasteiger partial charge in [0.15, 0.2) is 6.61 Å². The zero-order valence-corrected chi connectivity index (χ0v) is 23.2. The maximum Gasteiger partial charge on any atom is 0.341 e. The van der Waals surface area contributed by atoms with E-state index in [1.54, 1.807) is 25.1 Å². The highest BCUT2D eigenvalue weighted by atomic mass is 32.2. The van der Waals surface area contributed by atoms with Crippen LogP contribution in [-0.4, -0.2) is 36.2 Å². The van der Waals surface area contributed by atoms with Gasteiger partial charge in [-0.3, -0.25) is 9.59 Å². The van der Waals surface area contributed by atoms with Crippen LogP contribution < -0.4 is 15.4 Å². The van der Waals surface area contributed by atoms with E-state index in [1.807, 2.05) is 43.3 Å². The van der Waals surface area contributed by atoms with Crippen molar-refractivity contribution in [1.29, 1.82) is 0 Å². The number of para-hydroxylation sites is 1. The van der Waals surface area contributed by atoms with Gasteiger partial charge in [-0.25, -0.2) is 4.79 Å². The molecule has 9 heteroatoms. The number of thioether (sulfide) groups is 1. The van der Waals surface area contributed by atoms with E-state index in [4.69, 9.17) is 9.47 Å². The molecule has 7 nitrogen and oxygen atoms in total. The summed E-state index contributed by atoms with van der Waals surface area (Å²) < 4.78 is 10.8. The molecule has 0 spiro atoms. The molecule has 4 rings (SSSR count). The highest BCUT2D eigenvalue weighted by Gasteiger charge is 2.27. The van der Waals surface area contributed by atoms with Crippen LogP contribution >= 0.6 is 23.1 Å². The average molecular weight is 553 g/mol. The molecule has 1 aliphatic rings. The lowest BCUT2D eigenvalue weighted by atomic mass is 10.1. The van der Waals surface area contributed by atoms with Gasteiger partial charge in [0, 0.05) is 15.5 Å². The number of nitrogens with one attached hydrogen (secondary N) is 2. The smallest absolute Gasteiger partial charge is 0.341 e. The molecule has 1 atom stereocenters. The predicted octanol–water partition coefficient (Wildman–Crippen LogP) is 6.33. The van der Waals surface area contributed by atoms with Gasteiger partial charge in [-0.2, -0.15) is 0 Å². The van der Waals surface area contributed by atoms with Gasteiger partial charge in [0.1, 0.15) is 10.8 Å². The van der Waals surface area contributed by atoms with Crippen molar-refractivity contribution in [3.8, 4) is 5.75 Å². The maximum absolute atomic E-state index is 13.1. The molecule has 0 aliphatic heterocycles. The molecule has 2 amide bonds. The SMILES string of the molecule is CCOC(=O)c1c(NC(=O)C(C)Sc2cccc(NC(=O)COc3ccccc3)c2)sc2c1CCCCC2. The Hall–Kier alpha value is -3.30. The number of anilines is 2. The van der Waals surface area contributed by atoms with Crippen molar-refractivity contribution < 1.29 is 23.9 Å². The van der Waals surface area contributed by atoms with Crippen molar-refractivity contribution in [3.05, 3.63) is 70.6 Å². The van der Waals surface area contributed by atoms with Gasteiger partial charge in [0.05, 0.1) is 17.4 Å². The van der Waals surface area contributed by atoms with Crippen molar-refractivity contribution >= 4 is 51.6 Å². The molecular formula is C29H32N2O5S2. The molecule has 3 aromatic rings. The minimum atomic E-state index is -0.431. The number of aryl methyl sites for hydroxylation is 1. The highest BCUT2D eigenvalue weighted by molar-refractivity contribution is 8.00. The number of hydrogen-bond acceptors (Lipinski definition) is 7. The lowest BCUT2D eigenvalue weighted by Gasteiger charge is -2.14. The van der Waals surface area contributed by atoms with Gasteiger partial charge >= 0.3 is 5.97 Å². The van der Waals surface area contributed by atoms with Crippen LogP contribution in [0, 0.1) is 0 Å². The average Bonchev–Trinajstić information content (AvgIpc) is 3.08. The number of rotatable bonds is 10. The zero-order valence-electron chi connectivity index (χ0n) is 21.6. The monoisotopic (exact) mass is 552 g/mol. The first-order valence-corrected chi connectivity index (χ1v) is 14.5. The summed E-state index contributed by atoms with van der Waals surface area (Å²) >= 11 is 2.87. The van der Waals surface area contributed by atoms with Crippen LogP contribution in [0.25, 0.3) is 0 Å². The molecule has 0 saturated heterocycles. The Morgan fingerprint density at radius 3 is 2.58 bits per heavy atom. The third-order valence-electron chi connectivity index (χ3n) is 6.05. The van der Waals surface area contributed by atoms with Crippen LogP contribution in [0.2, 0.25) is 0 Å². The number of benzene rings is 2. The Kier molecular flexibility index (Phi) is 9.84. The van der Waals surface area contributed by atoms with Gasteiger partial charge in [-0.15, -0.1) is 23.1 Å². The predicted molar refractivity (Wildman–Crippen MR) is 152 cm³/mol. The van der Waals surface area contributed by atoms with E-state index >= 15 is 0 Å². The molecule has 0 radical (unpaired) electrons. The van der Waals surface area contributed by atoms with E-state index in [0.717, 1.165) is 42.6 Å². The lowest BCUT2D eigenvalue weighted by molar-refractivity contribution is -0.118. The summed E-state index contributed by atoms with van der Waals surface area (Å²) in [7, 11) is 0. The maximum atomic E-state index is 13.1. The zero-order chi connectivity index (χ0) is 26.9. The minimum absolute atomic E-state index is 0.103. The van der Waals surface area contributed by atoms with E-state index in [9.17, 15) is 14.4 Å². The molecule has 0 saturated carbocycles. The minimum Gasteiger partial charge on any atom is -0.484 e. The van der Waals surface area contributed by atoms with Crippen LogP contribution in [-0.2, 0) is 27.2 Å². The van der Waals surface area contributed by atoms with E-state index in [0.29, 0.717) is 22.0 Å². The number of carbonyl (C=O) groups excluding carboxylic acids is 3.